The van der Waals surface area contributed by atoms with Crippen molar-refractivity contribution in [2.45, 2.75) is 13.5 Å². The van der Waals surface area contributed by atoms with Crippen LogP contribution in [0.2, 0.25) is 10.0 Å². The van der Waals surface area contributed by atoms with Crippen LogP contribution in [0.3, 0.4) is 0 Å². The molecule has 3 aromatic rings. The van der Waals surface area contributed by atoms with Crippen LogP contribution in [-0.4, -0.2) is 20.6 Å². The fourth-order valence-electron chi connectivity index (χ4n) is 2.62. The predicted octanol–water partition coefficient (Wildman–Crippen LogP) is 5.11. The summed E-state index contributed by atoms with van der Waals surface area (Å²) >= 11 is 12.0. The first-order valence-electron chi connectivity index (χ1n) is 8.54. The van der Waals surface area contributed by atoms with Gasteiger partial charge in [0.25, 0.3) is 5.69 Å². The van der Waals surface area contributed by atoms with Gasteiger partial charge in [-0.1, -0.05) is 41.4 Å². The molecule has 148 valence electrons. The van der Waals surface area contributed by atoms with Crippen LogP contribution in [0.25, 0.3) is 6.08 Å². The van der Waals surface area contributed by atoms with Crippen LogP contribution in [0.4, 0.5) is 11.5 Å². The number of benzene rings is 2. The molecule has 0 aliphatic heterocycles. The molecule has 0 saturated heterocycles. The number of carbonyl (C=O) groups is 1. The van der Waals surface area contributed by atoms with Crippen LogP contribution in [0.5, 0.6) is 0 Å². The van der Waals surface area contributed by atoms with Crippen molar-refractivity contribution in [1.29, 1.82) is 0 Å². The summed E-state index contributed by atoms with van der Waals surface area (Å²) in [5.74, 6) is 0.00643. The van der Waals surface area contributed by atoms with Gasteiger partial charge in [0.05, 0.1) is 21.5 Å². The Labute approximate surface area is 176 Å². The fraction of sp³-hybridized carbons (Fsp3) is 0.100. The molecule has 0 bridgehead atoms. The van der Waals surface area contributed by atoms with Gasteiger partial charge in [0.1, 0.15) is 0 Å². The number of aromatic nitrogens is 2. The number of hydrogen-bond donors (Lipinski definition) is 1. The van der Waals surface area contributed by atoms with Gasteiger partial charge in [-0.2, -0.15) is 5.10 Å². The van der Waals surface area contributed by atoms with Crippen molar-refractivity contribution in [3.05, 3.63) is 91.6 Å². The molecule has 0 aliphatic carbocycles. The Morgan fingerprint density at radius 2 is 2.00 bits per heavy atom. The molecule has 9 heteroatoms. The molecule has 1 aromatic heterocycles. The Kier molecular flexibility index (Phi) is 6.31. The average molecular weight is 431 g/mol. The summed E-state index contributed by atoms with van der Waals surface area (Å²) in [7, 11) is 0. The lowest BCUT2D eigenvalue weighted by Gasteiger charge is -2.05. The van der Waals surface area contributed by atoms with Crippen LogP contribution in [-0.2, 0) is 11.3 Å². The number of nitrogens with one attached hydrogen (secondary N) is 1. The molecule has 0 fully saturated rings. The summed E-state index contributed by atoms with van der Waals surface area (Å²) < 4.78 is 1.74. The first-order valence-corrected chi connectivity index (χ1v) is 9.29. The number of nitro benzene ring substituents is 1. The molecule has 1 heterocycles. The van der Waals surface area contributed by atoms with E-state index in [-0.39, 0.29) is 5.69 Å². The molecule has 7 nitrogen and oxygen atoms in total. The number of anilines is 1. The lowest BCUT2D eigenvalue weighted by Crippen LogP contribution is -2.09. The zero-order valence-corrected chi connectivity index (χ0v) is 16.8. The van der Waals surface area contributed by atoms with Crippen LogP contribution >= 0.6 is 23.2 Å². The van der Waals surface area contributed by atoms with Crippen LogP contribution in [0.15, 0.2) is 54.6 Å². The number of hydrogen-bond acceptors (Lipinski definition) is 4. The van der Waals surface area contributed by atoms with Gasteiger partial charge >= 0.3 is 0 Å². The summed E-state index contributed by atoms with van der Waals surface area (Å²) in [6.45, 7) is 2.35. The van der Waals surface area contributed by atoms with E-state index in [9.17, 15) is 14.9 Å². The zero-order chi connectivity index (χ0) is 21.0. The van der Waals surface area contributed by atoms with E-state index in [0.717, 1.165) is 11.3 Å². The Hall–Kier alpha value is -3.16. The third-order valence-electron chi connectivity index (χ3n) is 4.06. The molecule has 2 aromatic carbocycles. The van der Waals surface area contributed by atoms with Crippen molar-refractivity contribution in [2.24, 2.45) is 0 Å². The van der Waals surface area contributed by atoms with Gasteiger partial charge in [0.2, 0.25) is 5.91 Å². The maximum absolute atomic E-state index is 12.2. The van der Waals surface area contributed by atoms with E-state index >= 15 is 0 Å². The minimum Gasteiger partial charge on any atom is -0.306 e. The Morgan fingerprint density at radius 3 is 2.72 bits per heavy atom. The lowest BCUT2D eigenvalue weighted by atomic mass is 10.2. The van der Waals surface area contributed by atoms with Crippen molar-refractivity contribution in [2.75, 3.05) is 5.32 Å². The number of halogens is 2. The van der Waals surface area contributed by atoms with Gasteiger partial charge in [-0.15, -0.1) is 0 Å². The molecule has 0 spiro atoms. The second kappa shape index (κ2) is 8.89. The number of non-ortho nitro benzene ring substituents is 1. The number of carbonyl (C=O) groups excluding carboxylic acids is 1. The second-order valence-electron chi connectivity index (χ2n) is 6.25. The average Bonchev–Trinajstić information content (AvgIpc) is 3.02. The van der Waals surface area contributed by atoms with E-state index in [0.29, 0.717) is 28.0 Å². The van der Waals surface area contributed by atoms with E-state index in [1.807, 2.05) is 13.0 Å². The molecule has 3 rings (SSSR count). The number of nitrogens with zero attached hydrogens (tertiary/aromatic N) is 3. The molecule has 1 amide bonds. The van der Waals surface area contributed by atoms with Crippen molar-refractivity contribution >= 4 is 46.7 Å². The van der Waals surface area contributed by atoms with E-state index in [4.69, 9.17) is 23.2 Å². The Bertz CT molecular complexity index is 1110. The van der Waals surface area contributed by atoms with E-state index in [2.05, 4.69) is 10.4 Å². The predicted molar refractivity (Wildman–Crippen MR) is 113 cm³/mol. The minimum atomic E-state index is -0.485. The Balaban J connectivity index is 1.66. The quantitative estimate of drug-likeness (QED) is 0.334. The second-order valence-corrected chi connectivity index (χ2v) is 7.07. The number of amides is 1. The van der Waals surface area contributed by atoms with E-state index in [1.165, 1.54) is 24.3 Å². The molecule has 1 N–H and O–H groups in total. The summed E-state index contributed by atoms with van der Waals surface area (Å²) in [5, 5.41) is 18.8. The van der Waals surface area contributed by atoms with Crippen molar-refractivity contribution in [1.82, 2.24) is 9.78 Å². The van der Waals surface area contributed by atoms with Crippen LogP contribution in [0.1, 0.15) is 16.8 Å². The highest BCUT2D eigenvalue weighted by molar-refractivity contribution is 6.42. The zero-order valence-electron chi connectivity index (χ0n) is 15.3. The smallest absolute Gasteiger partial charge is 0.270 e. The summed E-state index contributed by atoms with van der Waals surface area (Å²) in [4.78, 5) is 22.5. The first-order chi connectivity index (χ1) is 13.8. The van der Waals surface area contributed by atoms with Crippen LogP contribution < -0.4 is 5.32 Å². The molecular weight excluding hydrogens is 415 g/mol. The largest absolute Gasteiger partial charge is 0.306 e. The van der Waals surface area contributed by atoms with E-state index in [1.54, 1.807) is 35.0 Å². The summed E-state index contributed by atoms with van der Waals surface area (Å²) in [6.07, 6.45) is 2.80. The number of rotatable bonds is 6. The maximum Gasteiger partial charge on any atom is 0.270 e. The SMILES string of the molecule is Cc1cc(NC(=O)/C=C/c2cccc([N+](=O)[O-])c2)nn1Cc1ccc(Cl)c(Cl)c1. The van der Waals surface area contributed by atoms with Gasteiger partial charge < -0.3 is 5.32 Å². The van der Waals surface area contributed by atoms with Gasteiger partial charge in [-0.05, 0) is 36.3 Å². The first kappa shape index (κ1) is 20.6. The lowest BCUT2D eigenvalue weighted by molar-refractivity contribution is -0.384. The monoisotopic (exact) mass is 430 g/mol. The van der Waals surface area contributed by atoms with Crippen LogP contribution in [0, 0.1) is 17.0 Å². The van der Waals surface area contributed by atoms with Gasteiger partial charge in [-0.25, -0.2) is 0 Å². The Morgan fingerprint density at radius 1 is 1.21 bits per heavy atom. The molecule has 29 heavy (non-hydrogen) atoms. The fourth-order valence-corrected chi connectivity index (χ4v) is 2.94. The van der Waals surface area contributed by atoms with Crippen molar-refractivity contribution in [3.8, 4) is 0 Å². The standard InChI is InChI=1S/C20H16Cl2N4O3/c1-13-9-19(24-25(13)12-15-5-7-17(21)18(22)11-15)23-20(27)8-6-14-3-2-4-16(10-14)26(28)29/h2-11H,12H2,1H3,(H,23,24,27)/b8-6+. The summed E-state index contributed by atoms with van der Waals surface area (Å²) in [6, 6.07) is 13.1. The van der Waals surface area contributed by atoms with Crippen molar-refractivity contribution in [3.63, 3.8) is 0 Å². The molecule has 0 saturated carbocycles. The highest BCUT2D eigenvalue weighted by atomic mass is 35.5. The normalized spacial score (nSPS) is 11.0. The van der Waals surface area contributed by atoms with Gasteiger partial charge in [0, 0.05) is 30.0 Å². The molecule has 0 radical (unpaired) electrons. The third kappa shape index (κ3) is 5.43. The molecule has 0 unspecified atom stereocenters. The molecular formula is C20H16Cl2N4O3. The molecule has 0 aliphatic rings. The topological polar surface area (TPSA) is 90.1 Å². The highest BCUT2D eigenvalue weighted by Gasteiger charge is 2.09. The van der Waals surface area contributed by atoms with Gasteiger partial charge in [-0.3, -0.25) is 19.6 Å². The highest BCUT2D eigenvalue weighted by Crippen LogP contribution is 2.23. The maximum atomic E-state index is 12.2. The van der Waals surface area contributed by atoms with Crippen molar-refractivity contribution < 1.29 is 9.72 Å². The van der Waals surface area contributed by atoms with Gasteiger partial charge in [0.15, 0.2) is 5.82 Å². The number of nitro groups is 1. The minimum absolute atomic E-state index is 0.0378. The number of aryl methyl sites for hydroxylation is 1. The molecule has 0 atom stereocenters. The van der Waals surface area contributed by atoms with E-state index < -0.39 is 10.8 Å². The summed E-state index contributed by atoms with van der Waals surface area (Å²) in [5.41, 5.74) is 2.29. The third-order valence-corrected chi connectivity index (χ3v) is 4.80.